The second-order valence-electron chi connectivity index (χ2n) is 5.66. The topological polar surface area (TPSA) is 49.4 Å². The van der Waals surface area contributed by atoms with E-state index in [2.05, 4.69) is 5.32 Å². The van der Waals surface area contributed by atoms with Gasteiger partial charge in [0.2, 0.25) is 11.8 Å². The van der Waals surface area contributed by atoms with Gasteiger partial charge in [-0.3, -0.25) is 9.59 Å². The maximum absolute atomic E-state index is 13.8. The van der Waals surface area contributed by atoms with Gasteiger partial charge in [0.05, 0.1) is 11.6 Å². The summed E-state index contributed by atoms with van der Waals surface area (Å²) in [5, 5.41) is 2.85. The van der Waals surface area contributed by atoms with Crippen molar-refractivity contribution in [2.45, 2.75) is 13.3 Å². The highest BCUT2D eigenvalue weighted by Crippen LogP contribution is 2.28. The van der Waals surface area contributed by atoms with Crippen molar-refractivity contribution < 1.29 is 14.0 Å². The van der Waals surface area contributed by atoms with Gasteiger partial charge in [0.1, 0.15) is 5.82 Å². The van der Waals surface area contributed by atoms with Crippen LogP contribution >= 0.6 is 0 Å². The van der Waals surface area contributed by atoms with Crippen LogP contribution in [0.2, 0.25) is 0 Å². The van der Waals surface area contributed by atoms with E-state index in [1.165, 1.54) is 11.0 Å². The monoisotopic (exact) mass is 312 g/mol. The first kappa shape index (κ1) is 15.2. The van der Waals surface area contributed by atoms with E-state index in [0.717, 1.165) is 11.3 Å². The number of anilines is 2. The number of carbonyl (C=O) groups is 2. The van der Waals surface area contributed by atoms with Crippen molar-refractivity contribution in [1.29, 1.82) is 0 Å². The summed E-state index contributed by atoms with van der Waals surface area (Å²) in [5.41, 5.74) is 1.91. The van der Waals surface area contributed by atoms with Crippen molar-refractivity contribution >= 4 is 23.2 Å². The third-order valence-corrected chi connectivity index (χ3v) is 4.04. The van der Waals surface area contributed by atoms with Crippen LogP contribution in [-0.2, 0) is 9.59 Å². The number of nitrogens with one attached hydrogen (secondary N) is 1. The highest BCUT2D eigenvalue weighted by Gasteiger charge is 2.36. The van der Waals surface area contributed by atoms with Crippen LogP contribution in [0.5, 0.6) is 0 Å². The second-order valence-corrected chi connectivity index (χ2v) is 5.66. The average Bonchev–Trinajstić information content (AvgIpc) is 2.92. The number of rotatable bonds is 3. The van der Waals surface area contributed by atoms with Crippen molar-refractivity contribution in [3.05, 3.63) is 59.9 Å². The molecule has 0 radical (unpaired) electrons. The fraction of sp³-hybridized carbons (Fsp3) is 0.222. The molecule has 118 valence electrons. The molecule has 1 N–H and O–H groups in total. The number of aryl methyl sites for hydroxylation is 1. The smallest absolute Gasteiger partial charge is 0.229 e. The average molecular weight is 312 g/mol. The van der Waals surface area contributed by atoms with Crippen molar-refractivity contribution in [2.75, 3.05) is 16.8 Å². The van der Waals surface area contributed by atoms with Gasteiger partial charge in [-0.1, -0.05) is 30.3 Å². The van der Waals surface area contributed by atoms with Crippen molar-refractivity contribution in [3.8, 4) is 0 Å². The molecule has 2 aromatic carbocycles. The molecule has 1 fully saturated rings. The van der Waals surface area contributed by atoms with E-state index in [1.807, 2.05) is 31.2 Å². The molecule has 4 nitrogen and oxygen atoms in total. The minimum atomic E-state index is -0.485. The third kappa shape index (κ3) is 3.08. The summed E-state index contributed by atoms with van der Waals surface area (Å²) < 4.78 is 13.8. The summed E-state index contributed by atoms with van der Waals surface area (Å²) in [6.07, 6.45) is 0.0893. The summed E-state index contributed by atoms with van der Waals surface area (Å²) in [6.45, 7) is 2.10. The number of nitrogens with zero attached hydrogens (tertiary/aromatic N) is 1. The Hall–Kier alpha value is -2.69. The molecule has 1 atom stereocenters. The predicted octanol–water partition coefficient (Wildman–Crippen LogP) is 3.13. The van der Waals surface area contributed by atoms with E-state index in [1.54, 1.807) is 18.2 Å². The van der Waals surface area contributed by atoms with Gasteiger partial charge in [-0.05, 0) is 30.7 Å². The van der Waals surface area contributed by atoms with Crippen LogP contribution in [0.3, 0.4) is 0 Å². The van der Waals surface area contributed by atoms with Crippen molar-refractivity contribution in [1.82, 2.24) is 0 Å². The van der Waals surface area contributed by atoms with Gasteiger partial charge in [0.15, 0.2) is 0 Å². The molecule has 1 saturated heterocycles. The van der Waals surface area contributed by atoms with E-state index in [0.29, 0.717) is 0 Å². The van der Waals surface area contributed by atoms with Crippen molar-refractivity contribution in [3.63, 3.8) is 0 Å². The molecule has 5 heteroatoms. The lowest BCUT2D eigenvalue weighted by atomic mass is 10.1. The number of halogens is 1. The molecule has 1 heterocycles. The zero-order valence-corrected chi connectivity index (χ0v) is 12.8. The summed E-state index contributed by atoms with van der Waals surface area (Å²) >= 11 is 0. The number of benzene rings is 2. The Morgan fingerprint density at radius 1 is 1.17 bits per heavy atom. The van der Waals surface area contributed by atoms with Gasteiger partial charge >= 0.3 is 0 Å². The van der Waals surface area contributed by atoms with E-state index < -0.39 is 11.7 Å². The fourth-order valence-corrected chi connectivity index (χ4v) is 2.73. The van der Waals surface area contributed by atoms with Gasteiger partial charge in [0, 0.05) is 18.7 Å². The largest absolute Gasteiger partial charge is 0.326 e. The van der Waals surface area contributed by atoms with Gasteiger partial charge in [-0.2, -0.15) is 0 Å². The Morgan fingerprint density at radius 2 is 1.87 bits per heavy atom. The Kier molecular flexibility index (Phi) is 4.10. The minimum absolute atomic E-state index is 0.0893. The van der Waals surface area contributed by atoms with Gasteiger partial charge in [-0.15, -0.1) is 0 Å². The lowest BCUT2D eigenvalue weighted by molar-refractivity contribution is -0.122. The van der Waals surface area contributed by atoms with E-state index in [9.17, 15) is 14.0 Å². The Labute approximate surface area is 133 Å². The maximum atomic E-state index is 13.8. The quantitative estimate of drug-likeness (QED) is 0.946. The minimum Gasteiger partial charge on any atom is -0.326 e. The highest BCUT2D eigenvalue weighted by molar-refractivity contribution is 6.03. The van der Waals surface area contributed by atoms with Gasteiger partial charge in [-0.25, -0.2) is 4.39 Å². The first-order valence-corrected chi connectivity index (χ1v) is 7.47. The Balaban J connectivity index is 1.74. The van der Waals surface area contributed by atoms with Gasteiger partial charge in [0.25, 0.3) is 0 Å². The molecule has 0 bridgehead atoms. The van der Waals surface area contributed by atoms with E-state index >= 15 is 0 Å². The molecule has 0 saturated carbocycles. The first-order valence-electron chi connectivity index (χ1n) is 7.47. The Morgan fingerprint density at radius 3 is 2.61 bits per heavy atom. The molecule has 1 aliphatic heterocycles. The maximum Gasteiger partial charge on any atom is 0.229 e. The highest BCUT2D eigenvalue weighted by atomic mass is 19.1. The molecule has 1 aliphatic rings. The lowest BCUT2D eigenvalue weighted by Gasteiger charge is -2.17. The van der Waals surface area contributed by atoms with Crippen LogP contribution in [-0.4, -0.2) is 18.4 Å². The van der Waals surface area contributed by atoms with E-state index in [4.69, 9.17) is 0 Å². The fourth-order valence-electron chi connectivity index (χ4n) is 2.73. The molecule has 2 amide bonds. The number of carbonyl (C=O) groups excluding carboxylic acids is 2. The van der Waals surface area contributed by atoms with Crippen LogP contribution in [0, 0.1) is 18.7 Å². The van der Waals surface area contributed by atoms with Crippen LogP contribution in [0.4, 0.5) is 15.8 Å². The number of amides is 2. The third-order valence-electron chi connectivity index (χ3n) is 4.04. The summed E-state index contributed by atoms with van der Waals surface area (Å²) in [7, 11) is 0. The SMILES string of the molecule is Cc1ccccc1NC(=O)[C@@H]1CC(=O)N(c2ccccc2F)C1. The lowest BCUT2D eigenvalue weighted by Crippen LogP contribution is -2.28. The van der Waals surface area contributed by atoms with Crippen LogP contribution in [0.15, 0.2) is 48.5 Å². The van der Waals surface area contributed by atoms with Crippen LogP contribution in [0.1, 0.15) is 12.0 Å². The predicted molar refractivity (Wildman–Crippen MR) is 86.7 cm³/mol. The zero-order chi connectivity index (χ0) is 16.4. The molecular weight excluding hydrogens is 295 g/mol. The van der Waals surface area contributed by atoms with Crippen molar-refractivity contribution in [2.24, 2.45) is 5.92 Å². The molecule has 0 unspecified atom stereocenters. The molecule has 0 aromatic heterocycles. The van der Waals surface area contributed by atoms with Gasteiger partial charge < -0.3 is 10.2 Å². The molecular formula is C18H17FN2O2. The summed E-state index contributed by atoms with van der Waals surface area (Å²) in [4.78, 5) is 25.9. The Bertz CT molecular complexity index is 760. The summed E-state index contributed by atoms with van der Waals surface area (Å²) in [6, 6.07) is 13.6. The number of hydrogen-bond donors (Lipinski definition) is 1. The standard InChI is InChI=1S/C18H17FN2O2/c1-12-6-2-4-8-15(12)20-18(23)13-10-17(22)21(11-13)16-9-5-3-7-14(16)19/h2-9,13H,10-11H2,1H3,(H,20,23)/t13-/m1/s1. The molecule has 0 spiro atoms. The zero-order valence-electron chi connectivity index (χ0n) is 12.8. The van der Waals surface area contributed by atoms with E-state index in [-0.39, 0.29) is 30.5 Å². The molecule has 23 heavy (non-hydrogen) atoms. The molecule has 2 aromatic rings. The molecule has 3 rings (SSSR count). The first-order chi connectivity index (χ1) is 11.1. The normalized spacial score (nSPS) is 17.4. The van der Waals surface area contributed by atoms with Crippen LogP contribution in [0.25, 0.3) is 0 Å². The summed E-state index contributed by atoms with van der Waals surface area (Å²) in [5.74, 6) is -1.39. The second kappa shape index (κ2) is 6.20. The van der Waals surface area contributed by atoms with Crippen LogP contribution < -0.4 is 10.2 Å². The number of hydrogen-bond acceptors (Lipinski definition) is 2. The molecule has 0 aliphatic carbocycles. The number of para-hydroxylation sites is 2.